The number of hydrogen-bond acceptors (Lipinski definition) is 6. The lowest BCUT2D eigenvalue weighted by atomic mass is 10.1. The van der Waals surface area contributed by atoms with Crippen molar-refractivity contribution in [2.75, 3.05) is 6.61 Å². The van der Waals surface area contributed by atoms with Crippen LogP contribution < -0.4 is 9.47 Å². The number of hydrogen-bond donors (Lipinski definition) is 0. The minimum Gasteiger partial charge on any atom is -0.485 e. The van der Waals surface area contributed by atoms with Crippen LogP contribution >= 0.6 is 0 Å². The minimum absolute atomic E-state index is 0.0147. The van der Waals surface area contributed by atoms with Crippen LogP contribution in [-0.2, 0) is 22.7 Å². The number of rotatable bonds is 11. The van der Waals surface area contributed by atoms with Gasteiger partial charge in [-0.3, -0.25) is 9.59 Å². The molecule has 0 amide bonds. The Balaban J connectivity index is 1.73. The van der Waals surface area contributed by atoms with E-state index in [1.807, 2.05) is 60.7 Å². The van der Waals surface area contributed by atoms with E-state index in [4.69, 9.17) is 14.2 Å². The third kappa shape index (κ3) is 6.96. The summed E-state index contributed by atoms with van der Waals surface area (Å²) >= 11 is 0. The first kappa shape index (κ1) is 22.0. The van der Waals surface area contributed by atoms with E-state index in [0.29, 0.717) is 24.7 Å². The number of ketones is 1. The summed E-state index contributed by atoms with van der Waals surface area (Å²) in [5.41, 5.74) is 2.22. The van der Waals surface area contributed by atoms with Gasteiger partial charge in [-0.2, -0.15) is 0 Å². The van der Waals surface area contributed by atoms with Crippen LogP contribution in [0.15, 0.2) is 72.9 Å². The van der Waals surface area contributed by atoms with Crippen LogP contribution in [0, 0.1) is 0 Å². The molecule has 0 radical (unpaired) electrons. The van der Waals surface area contributed by atoms with Gasteiger partial charge in [0.15, 0.2) is 17.3 Å². The predicted octanol–water partition coefficient (Wildman–Crippen LogP) is 4.77. The molecule has 0 aliphatic carbocycles. The summed E-state index contributed by atoms with van der Waals surface area (Å²) in [6.07, 6.45) is 1.52. The van der Waals surface area contributed by atoms with Gasteiger partial charge in [0.05, 0.1) is 19.2 Å². The fourth-order valence-corrected chi connectivity index (χ4v) is 2.85. The minimum atomic E-state index is -0.404. The van der Waals surface area contributed by atoms with Gasteiger partial charge in [0.2, 0.25) is 0 Å². The number of ether oxygens (including phenoxy) is 3. The van der Waals surface area contributed by atoms with Gasteiger partial charge in [0.25, 0.3) is 0 Å². The average molecular weight is 419 g/mol. The van der Waals surface area contributed by atoms with Gasteiger partial charge in [-0.05, 0) is 18.1 Å². The van der Waals surface area contributed by atoms with E-state index in [2.05, 4.69) is 4.98 Å². The van der Waals surface area contributed by atoms with E-state index in [0.717, 1.165) is 11.1 Å². The second-order valence-electron chi connectivity index (χ2n) is 6.79. The Morgan fingerprint density at radius 2 is 1.39 bits per heavy atom. The van der Waals surface area contributed by atoms with E-state index >= 15 is 0 Å². The molecule has 6 nitrogen and oxygen atoms in total. The highest BCUT2D eigenvalue weighted by molar-refractivity contribution is 5.96. The van der Waals surface area contributed by atoms with Gasteiger partial charge >= 0.3 is 5.97 Å². The normalized spacial score (nSPS) is 10.4. The molecule has 0 saturated carbocycles. The highest BCUT2D eigenvalue weighted by Gasteiger charge is 2.16. The molecule has 0 aliphatic rings. The molecule has 1 aromatic heterocycles. The molecule has 6 heteroatoms. The maximum Gasteiger partial charge on any atom is 0.306 e. The van der Waals surface area contributed by atoms with Gasteiger partial charge in [-0.1, -0.05) is 60.7 Å². The van der Waals surface area contributed by atoms with Crippen LogP contribution in [0.2, 0.25) is 0 Å². The number of nitrogens with zero attached hydrogens (tertiary/aromatic N) is 1. The third-order valence-electron chi connectivity index (χ3n) is 4.45. The summed E-state index contributed by atoms with van der Waals surface area (Å²) in [5, 5.41) is 0. The lowest BCUT2D eigenvalue weighted by Crippen LogP contribution is -2.10. The summed E-state index contributed by atoms with van der Waals surface area (Å²) in [4.78, 5) is 28.3. The molecule has 0 aliphatic heterocycles. The molecule has 0 bridgehead atoms. The van der Waals surface area contributed by atoms with Gasteiger partial charge in [0, 0.05) is 12.5 Å². The molecular formula is C25H25NO5. The topological polar surface area (TPSA) is 74.7 Å². The molecule has 160 valence electrons. The van der Waals surface area contributed by atoms with Crippen molar-refractivity contribution in [2.24, 2.45) is 0 Å². The number of carbonyl (C=O) groups excluding carboxylic acids is 2. The Bertz CT molecular complexity index is 989. The average Bonchev–Trinajstić information content (AvgIpc) is 2.81. The lowest BCUT2D eigenvalue weighted by Gasteiger charge is -2.14. The maximum absolute atomic E-state index is 12.5. The molecule has 31 heavy (non-hydrogen) atoms. The molecule has 0 spiro atoms. The quantitative estimate of drug-likeness (QED) is 0.329. The van der Waals surface area contributed by atoms with Crippen molar-refractivity contribution in [1.29, 1.82) is 0 Å². The molecule has 2 aromatic carbocycles. The number of carbonyl (C=O) groups is 2. The third-order valence-corrected chi connectivity index (χ3v) is 4.45. The first-order valence-corrected chi connectivity index (χ1v) is 10.2. The largest absolute Gasteiger partial charge is 0.485 e. The van der Waals surface area contributed by atoms with Gasteiger partial charge in [0.1, 0.15) is 18.9 Å². The van der Waals surface area contributed by atoms with E-state index in [1.54, 1.807) is 13.0 Å². The van der Waals surface area contributed by atoms with Crippen LogP contribution in [0.3, 0.4) is 0 Å². The SMILES string of the molecule is CCOC(=O)CCC(=O)c1cc(OCc2ccccc2)c(OCc2ccccc2)cn1. The van der Waals surface area contributed by atoms with Crippen molar-refractivity contribution in [3.05, 3.63) is 89.7 Å². The van der Waals surface area contributed by atoms with Crippen LogP contribution in [0.4, 0.5) is 0 Å². The summed E-state index contributed by atoms with van der Waals surface area (Å²) in [5.74, 6) is 0.211. The summed E-state index contributed by atoms with van der Waals surface area (Å²) in [6, 6.07) is 21.0. The van der Waals surface area contributed by atoms with Crippen LogP contribution in [0.5, 0.6) is 11.5 Å². The molecule has 0 atom stereocenters. The molecular weight excluding hydrogens is 394 g/mol. The van der Waals surface area contributed by atoms with Crippen molar-refractivity contribution in [3.63, 3.8) is 0 Å². The number of esters is 1. The first-order chi connectivity index (χ1) is 15.2. The Labute approximate surface area is 181 Å². The summed E-state index contributed by atoms with van der Waals surface area (Å²) in [7, 11) is 0. The molecule has 0 fully saturated rings. The second kappa shape index (κ2) is 11.5. The fourth-order valence-electron chi connectivity index (χ4n) is 2.85. The van der Waals surface area contributed by atoms with Crippen LogP contribution in [-0.4, -0.2) is 23.3 Å². The van der Waals surface area contributed by atoms with Crippen LogP contribution in [0.25, 0.3) is 0 Å². The zero-order chi connectivity index (χ0) is 21.9. The van der Waals surface area contributed by atoms with E-state index < -0.39 is 5.97 Å². The fraction of sp³-hybridized carbons (Fsp3) is 0.240. The molecule has 0 saturated heterocycles. The van der Waals surface area contributed by atoms with Crippen molar-refractivity contribution < 1.29 is 23.8 Å². The number of pyridine rings is 1. The van der Waals surface area contributed by atoms with Crippen molar-refractivity contribution >= 4 is 11.8 Å². The zero-order valence-electron chi connectivity index (χ0n) is 17.5. The molecule has 1 heterocycles. The Kier molecular flexibility index (Phi) is 8.17. The summed E-state index contributed by atoms with van der Waals surface area (Å²) < 4.78 is 16.7. The molecule has 3 rings (SSSR count). The predicted molar refractivity (Wildman–Crippen MR) is 116 cm³/mol. The lowest BCUT2D eigenvalue weighted by molar-refractivity contribution is -0.143. The molecule has 3 aromatic rings. The van der Waals surface area contributed by atoms with Gasteiger partial charge < -0.3 is 14.2 Å². The second-order valence-corrected chi connectivity index (χ2v) is 6.79. The van der Waals surface area contributed by atoms with Crippen molar-refractivity contribution in [3.8, 4) is 11.5 Å². The first-order valence-electron chi connectivity index (χ1n) is 10.2. The van der Waals surface area contributed by atoms with Gasteiger partial charge in [-0.15, -0.1) is 0 Å². The Morgan fingerprint density at radius 1 is 0.806 bits per heavy atom. The van der Waals surface area contributed by atoms with Gasteiger partial charge in [-0.25, -0.2) is 4.98 Å². The zero-order valence-corrected chi connectivity index (χ0v) is 17.5. The Morgan fingerprint density at radius 3 is 1.97 bits per heavy atom. The highest BCUT2D eigenvalue weighted by atomic mass is 16.5. The molecule has 0 unspecified atom stereocenters. The standard InChI is InChI=1S/C25H25NO5/c1-2-29-25(28)14-13-22(27)21-15-23(30-17-19-9-5-3-6-10-19)24(16-26-21)31-18-20-11-7-4-8-12-20/h3-12,15-16H,2,13-14,17-18H2,1H3. The van der Waals surface area contributed by atoms with E-state index in [1.165, 1.54) is 6.20 Å². The van der Waals surface area contributed by atoms with E-state index in [-0.39, 0.29) is 30.9 Å². The van der Waals surface area contributed by atoms with Crippen LogP contribution in [0.1, 0.15) is 41.4 Å². The monoisotopic (exact) mass is 419 g/mol. The molecule has 0 N–H and O–H groups in total. The number of benzene rings is 2. The van der Waals surface area contributed by atoms with E-state index in [9.17, 15) is 9.59 Å². The maximum atomic E-state index is 12.5. The number of Topliss-reactive ketones (excluding diaryl/α,β-unsaturated/α-hetero) is 1. The summed E-state index contributed by atoms with van der Waals surface area (Å²) in [6.45, 7) is 2.69. The number of aromatic nitrogens is 1. The highest BCUT2D eigenvalue weighted by Crippen LogP contribution is 2.29. The smallest absolute Gasteiger partial charge is 0.306 e. The Hall–Kier alpha value is -3.67. The van der Waals surface area contributed by atoms with Crippen molar-refractivity contribution in [1.82, 2.24) is 4.98 Å². The van der Waals surface area contributed by atoms with Crippen molar-refractivity contribution in [2.45, 2.75) is 33.0 Å².